The fourth-order valence-electron chi connectivity index (χ4n) is 7.77. The van der Waals surface area contributed by atoms with Crippen molar-refractivity contribution in [1.82, 2.24) is 5.32 Å². The summed E-state index contributed by atoms with van der Waals surface area (Å²) in [6.07, 6.45) is 8.49. The van der Waals surface area contributed by atoms with Gasteiger partial charge in [0.1, 0.15) is 17.5 Å². The van der Waals surface area contributed by atoms with E-state index in [1.807, 2.05) is 6.07 Å². The molecule has 1 N–H and O–H groups in total. The molecule has 2 aromatic rings. The molecule has 1 spiro atoms. The molecule has 3 heterocycles. The van der Waals surface area contributed by atoms with Crippen LogP contribution in [0.4, 0.5) is 0 Å². The van der Waals surface area contributed by atoms with E-state index in [0.717, 1.165) is 31.6 Å². The van der Waals surface area contributed by atoms with Crippen molar-refractivity contribution in [3.05, 3.63) is 60.1 Å². The van der Waals surface area contributed by atoms with E-state index < -0.39 is 0 Å². The summed E-state index contributed by atoms with van der Waals surface area (Å²) in [5, 5.41) is 3.60. The largest absolute Gasteiger partial charge is 0.469 e. The van der Waals surface area contributed by atoms with Gasteiger partial charge in [-0.15, -0.1) is 0 Å². The van der Waals surface area contributed by atoms with Crippen LogP contribution < -0.4 is 5.32 Å². The Morgan fingerprint density at radius 1 is 1.18 bits per heavy atom. The van der Waals surface area contributed by atoms with Crippen LogP contribution >= 0.6 is 0 Å². The van der Waals surface area contributed by atoms with E-state index in [0.29, 0.717) is 18.4 Å². The van der Waals surface area contributed by atoms with E-state index in [4.69, 9.17) is 13.9 Å². The Labute approximate surface area is 202 Å². The van der Waals surface area contributed by atoms with E-state index in [9.17, 15) is 4.79 Å². The normalized spacial score (nSPS) is 39.0. The quantitative estimate of drug-likeness (QED) is 0.335. The number of fused-ring (bicyclic) bond motifs is 2. The van der Waals surface area contributed by atoms with Crippen LogP contribution in [0.3, 0.4) is 0 Å². The van der Waals surface area contributed by atoms with Crippen LogP contribution in [0.25, 0.3) is 0 Å². The lowest BCUT2D eigenvalue weighted by Crippen LogP contribution is -2.54. The van der Waals surface area contributed by atoms with Gasteiger partial charge in [-0.25, -0.2) is 0 Å². The van der Waals surface area contributed by atoms with Gasteiger partial charge in [0.2, 0.25) is 0 Å². The molecule has 0 radical (unpaired) electrons. The summed E-state index contributed by atoms with van der Waals surface area (Å²) in [5.74, 6) is 1.95. The fraction of sp³-hybridized carbons (Fsp3) is 0.621. The first-order chi connectivity index (χ1) is 16.5. The Morgan fingerprint density at radius 3 is 2.82 bits per heavy atom. The Morgan fingerprint density at radius 2 is 2.03 bits per heavy atom. The highest BCUT2D eigenvalue weighted by atomic mass is 16.6. The first kappa shape index (κ1) is 22.4. The van der Waals surface area contributed by atoms with Gasteiger partial charge in [-0.3, -0.25) is 4.79 Å². The molecule has 6 rings (SSSR count). The number of nitrogens with one attached hydrogen (secondary N) is 1. The molecule has 5 heteroatoms. The fourth-order valence-corrected chi connectivity index (χ4v) is 7.77. The van der Waals surface area contributed by atoms with Gasteiger partial charge >= 0.3 is 5.97 Å². The Balaban J connectivity index is 1.09. The summed E-state index contributed by atoms with van der Waals surface area (Å²) in [6.45, 7) is 6.23. The summed E-state index contributed by atoms with van der Waals surface area (Å²) < 4.78 is 18.3. The lowest BCUT2D eigenvalue weighted by molar-refractivity contribution is -0.146. The number of furan rings is 1. The topological polar surface area (TPSA) is 64.0 Å². The van der Waals surface area contributed by atoms with Gasteiger partial charge in [-0.05, 0) is 62.3 Å². The maximum atomic E-state index is 12.9. The molecule has 0 unspecified atom stereocenters. The first-order valence-corrected chi connectivity index (χ1v) is 13.2. The second-order valence-electron chi connectivity index (χ2n) is 11.4. The second kappa shape index (κ2) is 8.53. The highest BCUT2D eigenvalue weighted by molar-refractivity contribution is 5.76. The summed E-state index contributed by atoms with van der Waals surface area (Å²) in [6, 6.07) is 14.6. The van der Waals surface area contributed by atoms with Gasteiger partial charge in [0, 0.05) is 23.8 Å². The van der Waals surface area contributed by atoms with Crippen molar-refractivity contribution in [1.29, 1.82) is 0 Å². The van der Waals surface area contributed by atoms with Crippen molar-refractivity contribution in [2.24, 2.45) is 23.2 Å². The number of epoxide rings is 1. The van der Waals surface area contributed by atoms with Crippen LogP contribution in [0.2, 0.25) is 0 Å². The maximum absolute atomic E-state index is 12.9. The van der Waals surface area contributed by atoms with E-state index in [2.05, 4.69) is 55.6 Å². The van der Waals surface area contributed by atoms with Gasteiger partial charge in [-0.2, -0.15) is 0 Å². The molecule has 0 bridgehead atoms. The molecule has 8 atom stereocenters. The number of carbonyl (C=O) groups excluding carboxylic acids is 1. The first-order valence-electron chi connectivity index (χ1n) is 13.2. The lowest BCUT2D eigenvalue weighted by atomic mass is 9.53. The highest BCUT2D eigenvalue weighted by Crippen LogP contribution is 2.70. The van der Waals surface area contributed by atoms with Crippen LogP contribution in [-0.4, -0.2) is 36.9 Å². The molecule has 4 fully saturated rings. The van der Waals surface area contributed by atoms with Crippen LogP contribution in [0.15, 0.2) is 53.1 Å². The molecule has 2 aliphatic heterocycles. The third-order valence-electron chi connectivity index (χ3n) is 9.50. The molecular formula is C29H37NO4. The van der Waals surface area contributed by atoms with Crippen molar-refractivity contribution >= 4 is 5.97 Å². The van der Waals surface area contributed by atoms with Crippen molar-refractivity contribution in [2.45, 2.75) is 76.1 Å². The van der Waals surface area contributed by atoms with Crippen LogP contribution in [0, 0.1) is 23.2 Å². The van der Waals surface area contributed by atoms with Gasteiger partial charge in [0.05, 0.1) is 18.3 Å². The lowest BCUT2D eigenvalue weighted by Gasteiger charge is -2.48. The molecule has 182 valence electrons. The average molecular weight is 464 g/mol. The minimum Gasteiger partial charge on any atom is -0.469 e. The molecule has 2 saturated heterocycles. The molecule has 0 amide bonds. The zero-order chi connectivity index (χ0) is 23.3. The smallest absolute Gasteiger partial charge is 0.311 e. The highest BCUT2D eigenvalue weighted by Gasteiger charge is 2.78. The predicted octanol–water partition coefficient (Wildman–Crippen LogP) is 5.11. The standard InChI is InChI=1S/C29H37NO4/c1-19-8-6-13-28(2)17-24-25(26-29(19,28)34-26)22(27(31)33-24)18-30-14-12-21(23-11-7-15-32-23)16-20-9-4-3-5-10-20/h3-5,7,9-11,15,19,21-22,24-26,30H,6,8,12-14,16-18H2,1-2H3/t19-,21+,22+,24+,25+,26+,28+,29-/m0/s1. The van der Waals surface area contributed by atoms with Crippen molar-refractivity contribution in [2.75, 3.05) is 13.1 Å². The van der Waals surface area contributed by atoms with Crippen molar-refractivity contribution in [3.8, 4) is 0 Å². The number of ether oxygens (including phenoxy) is 2. The van der Waals surface area contributed by atoms with Crippen molar-refractivity contribution in [3.63, 3.8) is 0 Å². The number of hydrogen-bond donors (Lipinski definition) is 1. The predicted molar refractivity (Wildman–Crippen MR) is 129 cm³/mol. The number of carbonyl (C=O) groups is 1. The van der Waals surface area contributed by atoms with E-state index >= 15 is 0 Å². The Bertz CT molecular complexity index is 1010. The van der Waals surface area contributed by atoms with E-state index in [1.54, 1.807) is 6.26 Å². The van der Waals surface area contributed by atoms with E-state index in [-0.39, 0.29) is 41.0 Å². The molecule has 1 aromatic carbocycles. The molecule has 2 saturated carbocycles. The second-order valence-corrected chi connectivity index (χ2v) is 11.4. The van der Waals surface area contributed by atoms with Gasteiger partial charge in [0.15, 0.2) is 0 Å². The third-order valence-corrected chi connectivity index (χ3v) is 9.50. The zero-order valence-electron chi connectivity index (χ0n) is 20.4. The molecular weight excluding hydrogens is 426 g/mol. The average Bonchev–Trinajstić information content (AvgIpc) is 3.20. The van der Waals surface area contributed by atoms with Gasteiger partial charge in [0.25, 0.3) is 0 Å². The molecule has 34 heavy (non-hydrogen) atoms. The summed E-state index contributed by atoms with van der Waals surface area (Å²) in [5.41, 5.74) is 1.43. The van der Waals surface area contributed by atoms with Crippen molar-refractivity contribution < 1.29 is 18.7 Å². The van der Waals surface area contributed by atoms with E-state index in [1.165, 1.54) is 24.8 Å². The Kier molecular flexibility index (Phi) is 5.61. The molecule has 2 aliphatic carbocycles. The minimum absolute atomic E-state index is 0.0178. The van der Waals surface area contributed by atoms with Gasteiger partial charge in [-0.1, -0.05) is 50.6 Å². The number of esters is 1. The Hall–Kier alpha value is -2.11. The monoisotopic (exact) mass is 463 g/mol. The summed E-state index contributed by atoms with van der Waals surface area (Å²) in [4.78, 5) is 12.9. The zero-order valence-corrected chi connectivity index (χ0v) is 20.4. The molecule has 1 aromatic heterocycles. The SMILES string of the molecule is C[C@H]1CCC[C@]2(C)C[C@H]3OC(=O)[C@H](CNCC[C@H](Cc4ccccc4)c4ccco4)[C@H]3[C@H]3O[C@]312. The third kappa shape index (κ3) is 3.54. The molecule has 4 aliphatic rings. The number of hydrogen-bond acceptors (Lipinski definition) is 5. The maximum Gasteiger partial charge on any atom is 0.311 e. The summed E-state index contributed by atoms with van der Waals surface area (Å²) in [7, 11) is 0. The van der Waals surface area contributed by atoms with Gasteiger partial charge < -0.3 is 19.2 Å². The molecule has 5 nitrogen and oxygen atoms in total. The van der Waals surface area contributed by atoms with Crippen LogP contribution in [-0.2, 0) is 20.7 Å². The summed E-state index contributed by atoms with van der Waals surface area (Å²) >= 11 is 0. The number of rotatable bonds is 8. The van der Waals surface area contributed by atoms with Crippen LogP contribution in [0.1, 0.15) is 63.2 Å². The minimum atomic E-state index is -0.107. The number of benzene rings is 1. The van der Waals surface area contributed by atoms with Crippen LogP contribution in [0.5, 0.6) is 0 Å².